The zero-order valence-electron chi connectivity index (χ0n) is 13.0. The minimum absolute atomic E-state index is 0.348. The van der Waals surface area contributed by atoms with Gasteiger partial charge in [-0.05, 0) is 52.9 Å². The quantitative estimate of drug-likeness (QED) is 0.843. The first-order valence-corrected chi connectivity index (χ1v) is 8.27. The van der Waals surface area contributed by atoms with Crippen molar-refractivity contribution in [3.05, 3.63) is 0 Å². The molecular weight excluding hydrogens is 234 g/mol. The molecule has 3 heteroatoms. The summed E-state index contributed by atoms with van der Waals surface area (Å²) in [5.74, 6) is 0. The molecule has 0 spiro atoms. The van der Waals surface area contributed by atoms with E-state index in [1.807, 2.05) is 0 Å². The van der Waals surface area contributed by atoms with Crippen molar-refractivity contribution in [3.8, 4) is 0 Å². The molecule has 3 aliphatic rings. The van der Waals surface area contributed by atoms with Crippen LogP contribution in [0.5, 0.6) is 0 Å². The highest BCUT2D eigenvalue weighted by Gasteiger charge is 2.35. The predicted octanol–water partition coefficient (Wildman–Crippen LogP) is 2.08. The molecule has 1 atom stereocenters. The molecule has 2 heterocycles. The second-order valence-electron chi connectivity index (χ2n) is 7.81. The normalized spacial score (nSPS) is 32.1. The van der Waals surface area contributed by atoms with Gasteiger partial charge in [0.05, 0.1) is 0 Å². The molecule has 3 fully saturated rings. The van der Waals surface area contributed by atoms with Crippen molar-refractivity contribution in [2.24, 2.45) is 0 Å². The number of rotatable bonds is 3. The summed E-state index contributed by atoms with van der Waals surface area (Å²) in [7, 11) is 0. The molecule has 110 valence electrons. The summed E-state index contributed by atoms with van der Waals surface area (Å²) in [4.78, 5) is 5.35. The zero-order chi connectivity index (χ0) is 13.5. The average molecular weight is 265 g/mol. The van der Waals surface area contributed by atoms with E-state index >= 15 is 0 Å². The Labute approximate surface area is 118 Å². The summed E-state index contributed by atoms with van der Waals surface area (Å²) in [6, 6.07) is 2.49. The van der Waals surface area contributed by atoms with Crippen LogP contribution in [0.2, 0.25) is 0 Å². The van der Waals surface area contributed by atoms with Crippen molar-refractivity contribution in [2.75, 3.05) is 26.2 Å². The van der Waals surface area contributed by atoms with Gasteiger partial charge in [0.25, 0.3) is 0 Å². The third-order valence-corrected chi connectivity index (χ3v) is 5.20. The lowest BCUT2D eigenvalue weighted by Crippen LogP contribution is -2.51. The van der Waals surface area contributed by atoms with Gasteiger partial charge in [0.15, 0.2) is 0 Å². The van der Waals surface area contributed by atoms with Crippen LogP contribution in [0, 0.1) is 0 Å². The van der Waals surface area contributed by atoms with Gasteiger partial charge in [0, 0.05) is 49.8 Å². The van der Waals surface area contributed by atoms with E-state index in [0.717, 1.165) is 18.1 Å². The zero-order valence-corrected chi connectivity index (χ0v) is 13.0. The minimum atomic E-state index is 0.348. The Bertz CT molecular complexity index is 298. The van der Waals surface area contributed by atoms with E-state index in [9.17, 15) is 0 Å². The summed E-state index contributed by atoms with van der Waals surface area (Å²) in [6.45, 7) is 12.2. The maximum atomic E-state index is 3.93. The molecule has 0 aromatic heterocycles. The maximum absolute atomic E-state index is 3.93. The third-order valence-electron chi connectivity index (χ3n) is 5.20. The molecule has 1 aliphatic carbocycles. The smallest absolute Gasteiger partial charge is 0.0209 e. The van der Waals surface area contributed by atoms with E-state index in [2.05, 4.69) is 35.9 Å². The van der Waals surface area contributed by atoms with E-state index in [1.165, 1.54) is 58.3 Å². The summed E-state index contributed by atoms with van der Waals surface area (Å²) in [6.07, 6.45) is 6.94. The van der Waals surface area contributed by atoms with Crippen LogP contribution in [0.15, 0.2) is 0 Å². The number of hydrogen-bond acceptors (Lipinski definition) is 3. The van der Waals surface area contributed by atoms with Crippen LogP contribution in [0.25, 0.3) is 0 Å². The second-order valence-corrected chi connectivity index (χ2v) is 7.81. The number of piperidine rings is 1. The van der Waals surface area contributed by atoms with Gasteiger partial charge >= 0.3 is 0 Å². The van der Waals surface area contributed by atoms with Crippen LogP contribution in [0.4, 0.5) is 0 Å². The Morgan fingerprint density at radius 1 is 0.842 bits per heavy atom. The Balaban J connectivity index is 1.40. The van der Waals surface area contributed by atoms with Crippen molar-refractivity contribution in [1.29, 1.82) is 0 Å². The van der Waals surface area contributed by atoms with Crippen molar-refractivity contribution >= 4 is 0 Å². The Kier molecular flexibility index (Phi) is 3.89. The van der Waals surface area contributed by atoms with Crippen LogP contribution in [0.1, 0.15) is 52.9 Å². The lowest BCUT2D eigenvalue weighted by atomic mass is 9.97. The number of nitrogens with zero attached hydrogens (tertiary/aromatic N) is 2. The fourth-order valence-corrected chi connectivity index (χ4v) is 3.74. The van der Waals surface area contributed by atoms with Gasteiger partial charge in [0.1, 0.15) is 0 Å². The Morgan fingerprint density at radius 2 is 1.47 bits per heavy atom. The first-order valence-electron chi connectivity index (χ1n) is 8.27. The topological polar surface area (TPSA) is 18.5 Å². The highest BCUT2D eigenvalue weighted by molar-refractivity contribution is 4.94. The van der Waals surface area contributed by atoms with Crippen molar-refractivity contribution < 1.29 is 0 Å². The second kappa shape index (κ2) is 5.34. The summed E-state index contributed by atoms with van der Waals surface area (Å²) in [5.41, 5.74) is 0.348. The Hall–Kier alpha value is -0.120. The lowest BCUT2D eigenvalue weighted by molar-refractivity contribution is 0.0938. The third kappa shape index (κ3) is 3.50. The standard InChI is InChI=1S/C16H31N3/c1-16(2,3)19-10-7-13(8-11-19)17-14-6-9-18(12-14)15-4-5-15/h13-15,17H,4-12H2,1-3H3. The van der Waals surface area contributed by atoms with Gasteiger partial charge in [-0.15, -0.1) is 0 Å². The van der Waals surface area contributed by atoms with Crippen LogP contribution in [-0.4, -0.2) is 59.6 Å². The largest absolute Gasteiger partial charge is 0.310 e. The molecule has 0 radical (unpaired) electrons. The van der Waals surface area contributed by atoms with Crippen LogP contribution >= 0.6 is 0 Å². The maximum Gasteiger partial charge on any atom is 0.0209 e. The minimum Gasteiger partial charge on any atom is -0.310 e. The molecule has 1 N–H and O–H groups in total. The highest BCUT2D eigenvalue weighted by Crippen LogP contribution is 2.30. The molecule has 19 heavy (non-hydrogen) atoms. The average Bonchev–Trinajstić information content (AvgIpc) is 3.10. The van der Waals surface area contributed by atoms with Crippen molar-refractivity contribution in [3.63, 3.8) is 0 Å². The molecule has 3 rings (SSSR count). The van der Waals surface area contributed by atoms with Crippen molar-refractivity contribution in [2.45, 2.75) is 76.5 Å². The van der Waals surface area contributed by atoms with E-state index in [1.54, 1.807) is 0 Å². The molecule has 1 saturated carbocycles. The number of likely N-dealkylation sites (tertiary alicyclic amines) is 2. The molecule has 0 aromatic carbocycles. The van der Waals surface area contributed by atoms with E-state index in [-0.39, 0.29) is 0 Å². The Morgan fingerprint density at radius 3 is 2.05 bits per heavy atom. The monoisotopic (exact) mass is 265 g/mol. The molecule has 1 unspecified atom stereocenters. The van der Waals surface area contributed by atoms with E-state index in [0.29, 0.717) is 5.54 Å². The number of hydrogen-bond donors (Lipinski definition) is 1. The van der Waals surface area contributed by atoms with E-state index in [4.69, 9.17) is 0 Å². The van der Waals surface area contributed by atoms with Crippen molar-refractivity contribution in [1.82, 2.24) is 15.1 Å². The van der Waals surface area contributed by atoms with Gasteiger partial charge in [-0.1, -0.05) is 0 Å². The summed E-state index contributed by atoms with van der Waals surface area (Å²) >= 11 is 0. The number of nitrogens with one attached hydrogen (secondary N) is 1. The first kappa shape index (κ1) is 13.8. The van der Waals surface area contributed by atoms with Gasteiger partial charge in [0.2, 0.25) is 0 Å². The van der Waals surface area contributed by atoms with Gasteiger partial charge in [-0.3, -0.25) is 9.80 Å². The molecule has 0 amide bonds. The molecule has 2 aliphatic heterocycles. The summed E-state index contributed by atoms with van der Waals surface area (Å²) < 4.78 is 0. The predicted molar refractivity (Wildman–Crippen MR) is 80.5 cm³/mol. The van der Waals surface area contributed by atoms with Crippen LogP contribution in [-0.2, 0) is 0 Å². The first-order chi connectivity index (χ1) is 9.02. The SMILES string of the molecule is CC(C)(C)N1CCC(NC2CCN(C3CC3)C2)CC1. The van der Waals surface area contributed by atoms with Gasteiger partial charge < -0.3 is 5.32 Å². The van der Waals surface area contributed by atoms with Gasteiger partial charge in [-0.2, -0.15) is 0 Å². The van der Waals surface area contributed by atoms with Gasteiger partial charge in [-0.25, -0.2) is 0 Å². The molecule has 3 nitrogen and oxygen atoms in total. The molecular formula is C16H31N3. The lowest BCUT2D eigenvalue weighted by Gasteiger charge is -2.41. The summed E-state index contributed by atoms with van der Waals surface area (Å²) in [5, 5.41) is 3.93. The molecule has 0 bridgehead atoms. The highest BCUT2D eigenvalue weighted by atomic mass is 15.2. The fraction of sp³-hybridized carbons (Fsp3) is 1.00. The molecule has 0 aromatic rings. The van der Waals surface area contributed by atoms with Crippen LogP contribution < -0.4 is 5.32 Å². The van der Waals surface area contributed by atoms with Crippen LogP contribution in [0.3, 0.4) is 0 Å². The molecule has 2 saturated heterocycles. The van der Waals surface area contributed by atoms with E-state index < -0.39 is 0 Å². The fourth-order valence-electron chi connectivity index (χ4n) is 3.74.